The van der Waals surface area contributed by atoms with E-state index in [1.54, 1.807) is 0 Å². The van der Waals surface area contributed by atoms with Crippen LogP contribution in [0, 0.1) is 0 Å². The van der Waals surface area contributed by atoms with Gasteiger partial charge < -0.3 is 25.7 Å². The largest absolute Gasteiger partial charge is 0.394 e. The highest BCUT2D eigenvalue weighted by molar-refractivity contribution is 5.80. The molecule has 0 aromatic carbocycles. The third-order valence-corrected chi connectivity index (χ3v) is 12.4. The highest BCUT2D eigenvalue weighted by atomic mass is 16.3. The molecule has 4 atom stereocenters. The van der Waals surface area contributed by atoms with Gasteiger partial charge in [0.25, 0.3) is 0 Å². The quantitative estimate of drug-likeness (QED) is 0.0310. The summed E-state index contributed by atoms with van der Waals surface area (Å²) < 4.78 is 0. The molecule has 0 bridgehead atoms. The van der Waals surface area contributed by atoms with Gasteiger partial charge in [-0.3, -0.25) is 4.79 Å². The smallest absolute Gasteiger partial charge is 0.249 e. The normalized spacial score (nSPS) is 14.1. The summed E-state index contributed by atoms with van der Waals surface area (Å²) in [6, 6.07) is -1.00. The zero-order valence-corrected chi connectivity index (χ0v) is 39.5. The first-order valence-electron chi connectivity index (χ1n) is 26.2. The molecule has 0 spiro atoms. The Hall–Kier alpha value is -1.21. The van der Waals surface area contributed by atoms with Gasteiger partial charge in [0, 0.05) is 0 Å². The van der Waals surface area contributed by atoms with E-state index >= 15 is 0 Å². The van der Waals surface area contributed by atoms with Gasteiger partial charge in [0.2, 0.25) is 5.91 Å². The van der Waals surface area contributed by atoms with Crippen molar-refractivity contribution in [3.05, 3.63) is 24.3 Å². The van der Waals surface area contributed by atoms with Crippen LogP contribution in [0.1, 0.15) is 277 Å². The summed E-state index contributed by atoms with van der Waals surface area (Å²) in [6.07, 6.45) is 56.8. The Morgan fingerprint density at radius 3 is 1.07 bits per heavy atom. The van der Waals surface area contributed by atoms with Crippen LogP contribution >= 0.6 is 0 Å². The molecule has 0 aromatic heterocycles. The lowest BCUT2D eigenvalue weighted by atomic mass is 10.00. The topological polar surface area (TPSA) is 110 Å². The SMILES string of the molecule is CCCCCC/C=C/CC/C=C/CCCC(O)C(O)C(CO)NC(=O)C(O)CCCCCCCCCCCCCCCCCCCCCCCCCCCCCCCC. The van der Waals surface area contributed by atoms with Gasteiger partial charge in [-0.25, -0.2) is 0 Å². The van der Waals surface area contributed by atoms with Gasteiger partial charge in [-0.1, -0.05) is 250 Å². The molecule has 4 unspecified atom stereocenters. The molecule has 0 aliphatic carbocycles. The van der Waals surface area contributed by atoms with Gasteiger partial charge >= 0.3 is 0 Å². The Balaban J connectivity index is 3.58. The lowest BCUT2D eigenvalue weighted by Crippen LogP contribution is -2.53. The van der Waals surface area contributed by atoms with E-state index in [2.05, 4.69) is 43.5 Å². The number of aliphatic hydroxyl groups is 4. The fourth-order valence-corrected chi connectivity index (χ4v) is 8.25. The average Bonchev–Trinajstić information content (AvgIpc) is 3.24. The first-order valence-corrected chi connectivity index (χ1v) is 26.2. The first kappa shape index (κ1) is 57.8. The summed E-state index contributed by atoms with van der Waals surface area (Å²) in [5.74, 6) is -0.594. The summed E-state index contributed by atoms with van der Waals surface area (Å²) in [4.78, 5) is 12.5. The summed E-state index contributed by atoms with van der Waals surface area (Å²) in [6.45, 7) is 4.03. The van der Waals surface area contributed by atoms with E-state index in [-0.39, 0.29) is 0 Å². The Bertz CT molecular complexity index is 893. The predicted octanol–water partition coefficient (Wildman–Crippen LogP) is 14.7. The molecule has 0 rings (SSSR count). The molecule has 6 nitrogen and oxygen atoms in total. The molecule has 350 valence electrons. The third kappa shape index (κ3) is 41.9. The molecule has 0 fully saturated rings. The van der Waals surface area contributed by atoms with Crippen LogP contribution in [-0.2, 0) is 4.79 Å². The fourth-order valence-electron chi connectivity index (χ4n) is 8.25. The molecule has 5 N–H and O–H groups in total. The van der Waals surface area contributed by atoms with Gasteiger partial charge in [0.15, 0.2) is 0 Å². The lowest BCUT2D eigenvalue weighted by molar-refractivity contribution is -0.132. The van der Waals surface area contributed by atoms with Gasteiger partial charge in [-0.05, 0) is 51.4 Å². The maximum Gasteiger partial charge on any atom is 0.249 e. The second-order valence-corrected chi connectivity index (χ2v) is 18.2. The Morgan fingerprint density at radius 2 is 0.712 bits per heavy atom. The van der Waals surface area contributed by atoms with Crippen molar-refractivity contribution < 1.29 is 25.2 Å². The number of hydrogen-bond acceptors (Lipinski definition) is 5. The van der Waals surface area contributed by atoms with E-state index in [9.17, 15) is 25.2 Å². The number of amides is 1. The number of unbranched alkanes of at least 4 members (excludes halogenated alkanes) is 35. The predicted molar refractivity (Wildman–Crippen MR) is 256 cm³/mol. The summed E-state index contributed by atoms with van der Waals surface area (Å²) >= 11 is 0. The van der Waals surface area contributed by atoms with Crippen molar-refractivity contribution in [3.63, 3.8) is 0 Å². The molecule has 59 heavy (non-hydrogen) atoms. The van der Waals surface area contributed by atoms with Crippen molar-refractivity contribution in [2.24, 2.45) is 0 Å². The van der Waals surface area contributed by atoms with Crippen LogP contribution in [0.3, 0.4) is 0 Å². The molecule has 0 aliphatic rings. The zero-order chi connectivity index (χ0) is 43.1. The van der Waals surface area contributed by atoms with E-state index < -0.39 is 36.9 Å². The molecular weight excluding hydrogens is 731 g/mol. The monoisotopic (exact) mass is 834 g/mol. The van der Waals surface area contributed by atoms with Crippen molar-refractivity contribution >= 4 is 5.91 Å². The number of aliphatic hydroxyl groups excluding tert-OH is 4. The maximum absolute atomic E-state index is 12.5. The van der Waals surface area contributed by atoms with Crippen LogP contribution < -0.4 is 5.32 Å². The molecule has 0 saturated heterocycles. The maximum atomic E-state index is 12.5. The second kappa shape index (κ2) is 47.8. The minimum atomic E-state index is -1.29. The van der Waals surface area contributed by atoms with Crippen LogP contribution in [0.4, 0.5) is 0 Å². The van der Waals surface area contributed by atoms with Crippen LogP contribution in [0.2, 0.25) is 0 Å². The summed E-state index contributed by atoms with van der Waals surface area (Å²) in [5.41, 5.74) is 0. The molecule has 6 heteroatoms. The van der Waals surface area contributed by atoms with E-state index in [0.29, 0.717) is 19.3 Å². The van der Waals surface area contributed by atoms with Gasteiger partial charge in [-0.2, -0.15) is 0 Å². The van der Waals surface area contributed by atoms with Crippen molar-refractivity contribution in [2.45, 2.75) is 301 Å². The van der Waals surface area contributed by atoms with E-state index in [0.717, 1.165) is 44.9 Å². The van der Waals surface area contributed by atoms with E-state index in [4.69, 9.17) is 0 Å². The highest BCUT2D eigenvalue weighted by Gasteiger charge is 2.28. The van der Waals surface area contributed by atoms with Gasteiger partial charge in [-0.15, -0.1) is 0 Å². The Kier molecular flexibility index (Phi) is 46.9. The van der Waals surface area contributed by atoms with Gasteiger partial charge in [0.1, 0.15) is 12.2 Å². The number of carbonyl (C=O) groups is 1. The number of allylic oxidation sites excluding steroid dienone is 4. The number of hydrogen-bond donors (Lipinski definition) is 5. The zero-order valence-electron chi connectivity index (χ0n) is 39.5. The Labute approximate surface area is 367 Å². The van der Waals surface area contributed by atoms with E-state index in [1.807, 2.05) is 0 Å². The first-order chi connectivity index (χ1) is 29.0. The minimum absolute atomic E-state index is 0.364. The Morgan fingerprint density at radius 1 is 0.407 bits per heavy atom. The summed E-state index contributed by atoms with van der Waals surface area (Å²) in [5, 5.41) is 43.7. The molecule has 0 aromatic rings. The molecule has 0 radical (unpaired) electrons. The highest BCUT2D eigenvalue weighted by Crippen LogP contribution is 2.17. The molecule has 1 amide bonds. The molecular formula is C53H103NO5. The fraction of sp³-hybridized carbons (Fsp3) is 0.906. The van der Waals surface area contributed by atoms with Crippen molar-refractivity contribution in [1.29, 1.82) is 0 Å². The summed E-state index contributed by atoms with van der Waals surface area (Å²) in [7, 11) is 0. The minimum Gasteiger partial charge on any atom is -0.394 e. The van der Waals surface area contributed by atoms with E-state index in [1.165, 1.54) is 199 Å². The molecule has 0 saturated carbocycles. The van der Waals surface area contributed by atoms with Crippen LogP contribution in [0.25, 0.3) is 0 Å². The van der Waals surface area contributed by atoms with Crippen molar-refractivity contribution in [1.82, 2.24) is 5.32 Å². The molecule has 0 heterocycles. The standard InChI is InChI=1S/C53H103NO5/c1-3-5-7-9-11-13-15-17-18-19-20-21-22-23-24-25-26-27-28-29-30-31-32-33-35-37-39-41-43-45-47-51(57)53(59)54-49(48-55)52(58)50(56)46-44-42-40-38-36-34-16-14-12-10-8-6-4-2/h14,16,38,40,49-52,55-58H,3-13,15,17-37,39,41-48H2,1-2H3,(H,54,59)/b16-14+,40-38+. The average molecular weight is 834 g/mol. The van der Waals surface area contributed by atoms with Crippen LogP contribution in [-0.4, -0.2) is 57.3 Å². The van der Waals surface area contributed by atoms with Gasteiger partial charge in [0.05, 0.1) is 18.8 Å². The van der Waals surface area contributed by atoms with Crippen molar-refractivity contribution in [2.75, 3.05) is 6.61 Å². The molecule has 0 aliphatic heterocycles. The van der Waals surface area contributed by atoms with Crippen molar-refractivity contribution in [3.8, 4) is 0 Å². The lowest BCUT2D eigenvalue weighted by Gasteiger charge is -2.27. The number of nitrogens with one attached hydrogen (secondary N) is 1. The third-order valence-electron chi connectivity index (χ3n) is 12.4. The second-order valence-electron chi connectivity index (χ2n) is 18.2. The number of carbonyl (C=O) groups excluding carboxylic acids is 1. The number of rotatable bonds is 48. The van der Waals surface area contributed by atoms with Crippen LogP contribution in [0.5, 0.6) is 0 Å². The van der Waals surface area contributed by atoms with Crippen LogP contribution in [0.15, 0.2) is 24.3 Å².